The standard InChI is InChI=1S/C11H14BFO3/c1-3-4-8(2)16-11-6-5-9(13)7-10(11)12(14)15/h3,5-8,14-15H,1,4H2,2H3. The molecular formula is C11H14BFO3. The summed E-state index contributed by atoms with van der Waals surface area (Å²) < 4.78 is 18.3. The Balaban J connectivity index is 2.90. The van der Waals surface area contributed by atoms with Crippen molar-refractivity contribution in [3.8, 4) is 5.75 Å². The Hall–Kier alpha value is -1.33. The molecule has 0 aromatic heterocycles. The van der Waals surface area contributed by atoms with Gasteiger partial charge < -0.3 is 14.8 Å². The van der Waals surface area contributed by atoms with Crippen LogP contribution in [0.2, 0.25) is 0 Å². The van der Waals surface area contributed by atoms with Crippen LogP contribution < -0.4 is 10.2 Å². The maximum Gasteiger partial charge on any atom is 0.492 e. The zero-order chi connectivity index (χ0) is 12.1. The van der Waals surface area contributed by atoms with E-state index in [9.17, 15) is 4.39 Å². The molecule has 0 fully saturated rings. The van der Waals surface area contributed by atoms with Gasteiger partial charge in [0, 0.05) is 11.9 Å². The minimum Gasteiger partial charge on any atom is -0.491 e. The maximum atomic E-state index is 12.9. The van der Waals surface area contributed by atoms with E-state index in [-0.39, 0.29) is 17.3 Å². The molecule has 0 aliphatic carbocycles. The molecule has 0 amide bonds. The van der Waals surface area contributed by atoms with Crippen molar-refractivity contribution in [3.63, 3.8) is 0 Å². The fourth-order valence-electron chi connectivity index (χ4n) is 1.33. The summed E-state index contributed by atoms with van der Waals surface area (Å²) in [6, 6.07) is 3.63. The highest BCUT2D eigenvalue weighted by atomic mass is 19.1. The van der Waals surface area contributed by atoms with Gasteiger partial charge in [-0.1, -0.05) is 6.08 Å². The van der Waals surface area contributed by atoms with Gasteiger partial charge in [-0.25, -0.2) is 4.39 Å². The topological polar surface area (TPSA) is 49.7 Å². The highest BCUT2D eigenvalue weighted by molar-refractivity contribution is 6.59. The summed E-state index contributed by atoms with van der Waals surface area (Å²) in [5.74, 6) is -0.266. The van der Waals surface area contributed by atoms with Crippen molar-refractivity contribution in [2.45, 2.75) is 19.4 Å². The molecule has 0 saturated heterocycles. The summed E-state index contributed by atoms with van der Waals surface area (Å²) in [6.07, 6.45) is 2.17. The fourth-order valence-corrected chi connectivity index (χ4v) is 1.33. The zero-order valence-electron chi connectivity index (χ0n) is 9.06. The van der Waals surface area contributed by atoms with Crippen LogP contribution >= 0.6 is 0 Å². The summed E-state index contributed by atoms with van der Waals surface area (Å²) in [4.78, 5) is 0. The third-order valence-corrected chi connectivity index (χ3v) is 2.08. The van der Waals surface area contributed by atoms with Gasteiger partial charge in [0.25, 0.3) is 0 Å². The molecular weight excluding hydrogens is 210 g/mol. The quantitative estimate of drug-likeness (QED) is 0.575. The lowest BCUT2D eigenvalue weighted by Gasteiger charge is -2.16. The van der Waals surface area contributed by atoms with Crippen LogP contribution in [0.4, 0.5) is 4.39 Å². The summed E-state index contributed by atoms with van der Waals surface area (Å²) in [5.41, 5.74) is 0.0240. The van der Waals surface area contributed by atoms with E-state index in [0.29, 0.717) is 6.42 Å². The summed E-state index contributed by atoms with van der Waals surface area (Å²) >= 11 is 0. The van der Waals surface area contributed by atoms with E-state index in [1.165, 1.54) is 12.1 Å². The molecule has 0 aliphatic rings. The van der Waals surface area contributed by atoms with Gasteiger partial charge in [-0.05, 0) is 25.1 Å². The summed E-state index contributed by atoms with van der Waals surface area (Å²) in [7, 11) is -1.75. The summed E-state index contributed by atoms with van der Waals surface area (Å²) in [6.45, 7) is 5.39. The van der Waals surface area contributed by atoms with Crippen LogP contribution in [0.1, 0.15) is 13.3 Å². The molecule has 16 heavy (non-hydrogen) atoms. The van der Waals surface area contributed by atoms with Crippen LogP contribution in [-0.2, 0) is 0 Å². The molecule has 1 atom stereocenters. The third-order valence-electron chi connectivity index (χ3n) is 2.08. The molecule has 2 N–H and O–H groups in total. The average molecular weight is 224 g/mol. The molecule has 0 radical (unpaired) electrons. The number of ether oxygens (including phenoxy) is 1. The molecule has 0 bridgehead atoms. The monoisotopic (exact) mass is 224 g/mol. The fraction of sp³-hybridized carbons (Fsp3) is 0.273. The van der Waals surface area contributed by atoms with Crippen molar-refractivity contribution in [2.75, 3.05) is 0 Å². The Morgan fingerprint density at radius 3 is 2.81 bits per heavy atom. The molecule has 1 aromatic rings. The molecule has 3 nitrogen and oxygen atoms in total. The molecule has 5 heteroatoms. The molecule has 86 valence electrons. The maximum absolute atomic E-state index is 12.9. The van der Waals surface area contributed by atoms with E-state index < -0.39 is 12.9 Å². The minimum absolute atomic E-state index is 0.0240. The highest BCUT2D eigenvalue weighted by Crippen LogP contribution is 2.13. The van der Waals surface area contributed by atoms with Crippen LogP contribution in [0.25, 0.3) is 0 Å². The predicted molar refractivity (Wildman–Crippen MR) is 61.1 cm³/mol. The van der Waals surface area contributed by atoms with Crippen molar-refractivity contribution in [3.05, 3.63) is 36.7 Å². The molecule has 1 rings (SSSR count). The van der Waals surface area contributed by atoms with Crippen LogP contribution in [0, 0.1) is 5.82 Å². The average Bonchev–Trinajstić information content (AvgIpc) is 2.20. The Morgan fingerprint density at radius 2 is 2.25 bits per heavy atom. The zero-order valence-corrected chi connectivity index (χ0v) is 9.06. The SMILES string of the molecule is C=CCC(C)Oc1ccc(F)cc1B(O)O. The van der Waals surface area contributed by atoms with E-state index in [4.69, 9.17) is 14.8 Å². The first-order valence-electron chi connectivity index (χ1n) is 4.97. The molecule has 0 spiro atoms. The predicted octanol–water partition coefficient (Wildman–Crippen LogP) is 0.849. The van der Waals surface area contributed by atoms with Crippen molar-refractivity contribution in [1.29, 1.82) is 0 Å². The van der Waals surface area contributed by atoms with E-state index >= 15 is 0 Å². The smallest absolute Gasteiger partial charge is 0.491 e. The number of benzene rings is 1. The van der Waals surface area contributed by atoms with Crippen molar-refractivity contribution >= 4 is 12.6 Å². The first kappa shape index (κ1) is 12.7. The number of hydrogen-bond donors (Lipinski definition) is 2. The third kappa shape index (κ3) is 3.36. The van der Waals surface area contributed by atoms with E-state index in [0.717, 1.165) is 6.07 Å². The van der Waals surface area contributed by atoms with Gasteiger partial charge in [-0.3, -0.25) is 0 Å². The van der Waals surface area contributed by atoms with Gasteiger partial charge in [0.2, 0.25) is 0 Å². The van der Waals surface area contributed by atoms with Crippen LogP contribution in [-0.4, -0.2) is 23.3 Å². The van der Waals surface area contributed by atoms with Gasteiger partial charge in [0.05, 0.1) is 6.10 Å². The largest absolute Gasteiger partial charge is 0.492 e. The van der Waals surface area contributed by atoms with Gasteiger partial charge in [0.1, 0.15) is 11.6 Å². The second kappa shape index (κ2) is 5.68. The van der Waals surface area contributed by atoms with E-state index in [2.05, 4.69) is 6.58 Å². The van der Waals surface area contributed by atoms with Crippen LogP contribution in [0.3, 0.4) is 0 Å². The lowest BCUT2D eigenvalue weighted by atomic mass is 9.79. The van der Waals surface area contributed by atoms with Gasteiger partial charge in [-0.2, -0.15) is 0 Å². The molecule has 1 unspecified atom stereocenters. The Morgan fingerprint density at radius 1 is 1.56 bits per heavy atom. The van der Waals surface area contributed by atoms with Crippen molar-refractivity contribution in [2.24, 2.45) is 0 Å². The molecule has 1 aromatic carbocycles. The van der Waals surface area contributed by atoms with Gasteiger partial charge in [-0.15, -0.1) is 6.58 Å². The Bertz CT molecular complexity index is 368. The summed E-state index contributed by atoms with van der Waals surface area (Å²) in [5, 5.41) is 18.1. The first-order chi connectivity index (χ1) is 7.54. The first-order valence-corrected chi connectivity index (χ1v) is 4.97. The lowest BCUT2D eigenvalue weighted by Crippen LogP contribution is -2.33. The second-order valence-electron chi connectivity index (χ2n) is 3.51. The highest BCUT2D eigenvalue weighted by Gasteiger charge is 2.19. The van der Waals surface area contributed by atoms with Gasteiger partial charge >= 0.3 is 7.12 Å². The molecule has 0 aliphatic heterocycles. The lowest BCUT2D eigenvalue weighted by molar-refractivity contribution is 0.226. The van der Waals surface area contributed by atoms with Gasteiger partial charge in [0.15, 0.2) is 0 Å². The number of halogens is 1. The number of hydrogen-bond acceptors (Lipinski definition) is 3. The van der Waals surface area contributed by atoms with Crippen molar-refractivity contribution in [1.82, 2.24) is 0 Å². The molecule has 0 heterocycles. The van der Waals surface area contributed by atoms with Crippen LogP contribution in [0.15, 0.2) is 30.9 Å². The Labute approximate surface area is 94.3 Å². The normalized spacial score (nSPS) is 12.0. The van der Waals surface area contributed by atoms with E-state index in [1.54, 1.807) is 6.08 Å². The number of rotatable bonds is 5. The molecule has 0 saturated carbocycles. The Kier molecular flexibility index (Phi) is 4.52. The second-order valence-corrected chi connectivity index (χ2v) is 3.51. The van der Waals surface area contributed by atoms with E-state index in [1.807, 2.05) is 6.92 Å². The minimum atomic E-state index is -1.75. The van der Waals surface area contributed by atoms with Crippen LogP contribution in [0.5, 0.6) is 5.75 Å². The van der Waals surface area contributed by atoms with Crippen molar-refractivity contribution < 1.29 is 19.2 Å².